The zero-order chi connectivity index (χ0) is 14.9. The van der Waals surface area contributed by atoms with Crippen LogP contribution in [-0.2, 0) is 4.79 Å². The second-order valence-corrected chi connectivity index (χ2v) is 5.75. The van der Waals surface area contributed by atoms with Crippen molar-refractivity contribution < 1.29 is 39.5 Å². The van der Waals surface area contributed by atoms with Gasteiger partial charge in [0.2, 0.25) is 0 Å². The molecule has 118 valence electrons. The van der Waals surface area contributed by atoms with Crippen molar-refractivity contribution in [2.45, 2.75) is 96.8 Å². The van der Waals surface area contributed by atoms with Crippen molar-refractivity contribution in [2.75, 3.05) is 0 Å². The van der Waals surface area contributed by atoms with E-state index >= 15 is 0 Å². The number of carbonyl (C=O) groups excluding carboxylic acids is 1. The van der Waals surface area contributed by atoms with E-state index in [-0.39, 0.29) is 29.6 Å². The second-order valence-electron chi connectivity index (χ2n) is 5.75. The molecule has 0 unspecified atom stereocenters. The summed E-state index contributed by atoms with van der Waals surface area (Å²) in [5, 5.41) is 10.1. The Bertz CT molecular complexity index is 239. The molecule has 0 rings (SSSR count). The Morgan fingerprint density at radius 2 is 1.14 bits per heavy atom. The van der Waals surface area contributed by atoms with Gasteiger partial charge in [-0.15, -0.1) is 0 Å². The molecule has 2 nitrogen and oxygen atoms in total. The summed E-state index contributed by atoms with van der Waals surface area (Å²) in [4.78, 5) is 10.1. The third-order valence-corrected chi connectivity index (χ3v) is 3.73. The maximum atomic E-state index is 10.1. The van der Waals surface area contributed by atoms with Gasteiger partial charge in [0.1, 0.15) is 0 Å². The topological polar surface area (TPSA) is 40.1 Å². The quantitative estimate of drug-likeness (QED) is 0.263. The molecule has 0 aromatic heterocycles. The van der Waals surface area contributed by atoms with Crippen LogP contribution in [0, 0.1) is 0 Å². The van der Waals surface area contributed by atoms with Crippen LogP contribution in [0.5, 0.6) is 0 Å². The van der Waals surface area contributed by atoms with Crippen LogP contribution < -0.4 is 34.7 Å². The fraction of sp³-hybridized carbons (Fsp3) is 0.833. The molecule has 0 aromatic carbocycles. The summed E-state index contributed by atoms with van der Waals surface area (Å²) >= 11 is 0. The van der Waals surface area contributed by atoms with Crippen molar-refractivity contribution in [2.24, 2.45) is 0 Å². The molecular weight excluding hydrogens is 271 g/mol. The number of hydrogen-bond donors (Lipinski definition) is 0. The third kappa shape index (κ3) is 22.6. The van der Waals surface area contributed by atoms with Crippen LogP contribution in [0.15, 0.2) is 12.2 Å². The Balaban J connectivity index is 0. The fourth-order valence-electron chi connectivity index (χ4n) is 2.46. The maximum Gasteiger partial charge on any atom is 1.00 e. The third-order valence-electron chi connectivity index (χ3n) is 3.73. The van der Waals surface area contributed by atoms with Crippen LogP contribution in [-0.4, -0.2) is 5.97 Å². The predicted molar refractivity (Wildman–Crippen MR) is 84.5 cm³/mol. The number of allylic oxidation sites excluding steroid dienone is 1. The minimum Gasteiger partial charge on any atom is -0.545 e. The predicted octanol–water partition coefficient (Wildman–Crippen LogP) is 1.78. The molecule has 3 heteroatoms. The summed E-state index contributed by atoms with van der Waals surface area (Å²) in [6.45, 7) is 2.26. The van der Waals surface area contributed by atoms with Crippen molar-refractivity contribution in [1.29, 1.82) is 0 Å². The molecule has 0 fully saturated rings. The van der Waals surface area contributed by atoms with Crippen LogP contribution in [0.2, 0.25) is 0 Å². The van der Waals surface area contributed by atoms with Gasteiger partial charge >= 0.3 is 29.6 Å². The number of carboxylic acids is 1. The minimum atomic E-state index is -1.08. The zero-order valence-corrected chi connectivity index (χ0v) is 16.4. The minimum absolute atomic E-state index is 0. The van der Waals surface area contributed by atoms with Gasteiger partial charge < -0.3 is 9.90 Å². The van der Waals surface area contributed by atoms with E-state index in [1.54, 1.807) is 6.08 Å². The first kappa shape index (κ1) is 23.5. The van der Waals surface area contributed by atoms with E-state index in [0.717, 1.165) is 18.9 Å². The first-order valence-corrected chi connectivity index (χ1v) is 8.65. The summed E-state index contributed by atoms with van der Waals surface area (Å²) in [5.74, 6) is -1.08. The van der Waals surface area contributed by atoms with E-state index < -0.39 is 5.97 Å². The molecule has 0 saturated heterocycles. The zero-order valence-electron chi connectivity index (χ0n) is 14.4. The second kappa shape index (κ2) is 20.2. The molecule has 0 bridgehead atoms. The van der Waals surface area contributed by atoms with Gasteiger partial charge in [0.05, 0.1) is 5.97 Å². The molecule has 0 N–H and O–H groups in total. The maximum absolute atomic E-state index is 10.1. The molecule has 0 saturated carbocycles. The smallest absolute Gasteiger partial charge is 0.545 e. The van der Waals surface area contributed by atoms with E-state index in [0.29, 0.717) is 0 Å². The molecular formula is C18H33NaO2. The first-order chi connectivity index (χ1) is 9.77. The van der Waals surface area contributed by atoms with Gasteiger partial charge in [-0.25, -0.2) is 0 Å². The van der Waals surface area contributed by atoms with Gasteiger partial charge in [-0.3, -0.25) is 0 Å². The number of rotatable bonds is 15. The van der Waals surface area contributed by atoms with Crippen LogP contribution in [0.4, 0.5) is 0 Å². The molecule has 0 radical (unpaired) electrons. The van der Waals surface area contributed by atoms with Crippen molar-refractivity contribution in [3.05, 3.63) is 12.2 Å². The molecule has 0 aliphatic heterocycles. The van der Waals surface area contributed by atoms with E-state index in [9.17, 15) is 9.90 Å². The van der Waals surface area contributed by atoms with Crippen molar-refractivity contribution in [3.63, 3.8) is 0 Å². The van der Waals surface area contributed by atoms with Crippen molar-refractivity contribution in [1.82, 2.24) is 0 Å². The number of hydrogen-bond acceptors (Lipinski definition) is 2. The van der Waals surface area contributed by atoms with E-state index in [1.807, 2.05) is 0 Å². The molecule has 0 heterocycles. The first-order valence-electron chi connectivity index (χ1n) is 8.65. The van der Waals surface area contributed by atoms with Crippen LogP contribution in [0.3, 0.4) is 0 Å². The number of aliphatic carboxylic acids is 1. The van der Waals surface area contributed by atoms with Gasteiger partial charge in [0.25, 0.3) is 0 Å². The number of carbonyl (C=O) groups is 1. The van der Waals surface area contributed by atoms with Gasteiger partial charge in [-0.05, 0) is 18.9 Å². The Hall–Kier alpha value is 0.210. The summed E-state index contributed by atoms with van der Waals surface area (Å²) in [6, 6.07) is 0. The van der Waals surface area contributed by atoms with Crippen LogP contribution >= 0.6 is 0 Å². The monoisotopic (exact) mass is 304 g/mol. The summed E-state index contributed by atoms with van der Waals surface area (Å²) < 4.78 is 0. The standard InChI is InChI=1S/C18H34O2.Na/c1-2-3-4-5-6-7-8-9-10-11-12-13-14-15-16-17-18(19)20;/h16-17H,2-15H2,1H3,(H,19,20);/q;+1/p-1. The largest absolute Gasteiger partial charge is 1.00 e. The summed E-state index contributed by atoms with van der Waals surface area (Å²) in [6.07, 6.45) is 21.2. The molecule has 0 atom stereocenters. The van der Waals surface area contributed by atoms with Crippen molar-refractivity contribution in [3.8, 4) is 0 Å². The molecule has 0 aliphatic carbocycles. The molecule has 0 spiro atoms. The molecule has 0 aromatic rings. The number of unbranched alkanes of at least 4 members (excludes halogenated alkanes) is 13. The summed E-state index contributed by atoms with van der Waals surface area (Å²) in [5.41, 5.74) is 0. The fourth-order valence-corrected chi connectivity index (χ4v) is 2.46. The normalized spacial score (nSPS) is 10.7. The van der Waals surface area contributed by atoms with Crippen LogP contribution in [0.25, 0.3) is 0 Å². The number of carboxylic acid groups (broad SMARTS) is 1. The Morgan fingerprint density at radius 1 is 0.762 bits per heavy atom. The van der Waals surface area contributed by atoms with Gasteiger partial charge in [-0.2, -0.15) is 0 Å². The SMILES string of the molecule is CCCCCCCCCCCCCCCC=CC(=O)[O-].[Na+]. The Kier molecular flexibility index (Phi) is 22.6. The van der Waals surface area contributed by atoms with Crippen molar-refractivity contribution >= 4 is 5.97 Å². The Labute approximate surface area is 154 Å². The van der Waals surface area contributed by atoms with Gasteiger partial charge in [0, 0.05) is 0 Å². The van der Waals surface area contributed by atoms with E-state index in [2.05, 4.69) is 6.92 Å². The van der Waals surface area contributed by atoms with E-state index in [1.165, 1.54) is 77.0 Å². The average Bonchev–Trinajstić information content (AvgIpc) is 2.43. The molecule has 21 heavy (non-hydrogen) atoms. The average molecular weight is 304 g/mol. The van der Waals surface area contributed by atoms with Gasteiger partial charge in [0.15, 0.2) is 0 Å². The van der Waals surface area contributed by atoms with Gasteiger partial charge in [-0.1, -0.05) is 90.0 Å². The Morgan fingerprint density at radius 3 is 1.52 bits per heavy atom. The summed E-state index contributed by atoms with van der Waals surface area (Å²) in [7, 11) is 0. The van der Waals surface area contributed by atoms with Crippen LogP contribution in [0.1, 0.15) is 96.8 Å². The molecule has 0 amide bonds. The van der Waals surface area contributed by atoms with E-state index in [4.69, 9.17) is 0 Å². The molecule has 0 aliphatic rings.